The highest BCUT2D eigenvalue weighted by atomic mass is 32.1. The van der Waals surface area contributed by atoms with E-state index in [9.17, 15) is 4.79 Å². The zero-order valence-electron chi connectivity index (χ0n) is 16.9. The standard InChI is InChI=1S/C21H26N4O2S/c1-14-7-6-8-15(2)20(14)22-21(28)24-23-16(3)17-9-11-18(12-10-17)27-13-19(26)25(4)5/h6-12H,13H2,1-5H3,(H2,22,24,28)/b23-16-. The van der Waals surface area contributed by atoms with E-state index < -0.39 is 0 Å². The average Bonchev–Trinajstić information content (AvgIpc) is 2.67. The third-order valence-electron chi connectivity index (χ3n) is 4.18. The maximum absolute atomic E-state index is 11.6. The fraction of sp³-hybridized carbons (Fsp3) is 0.286. The molecule has 0 heterocycles. The largest absolute Gasteiger partial charge is 0.484 e. The smallest absolute Gasteiger partial charge is 0.259 e. The molecule has 0 fully saturated rings. The Morgan fingerprint density at radius 3 is 2.29 bits per heavy atom. The zero-order valence-corrected chi connectivity index (χ0v) is 17.7. The Balaban J connectivity index is 1.94. The Labute approximate surface area is 171 Å². The molecule has 7 heteroatoms. The summed E-state index contributed by atoms with van der Waals surface area (Å²) < 4.78 is 5.47. The predicted molar refractivity (Wildman–Crippen MR) is 118 cm³/mol. The second-order valence-corrected chi connectivity index (χ2v) is 7.04. The monoisotopic (exact) mass is 398 g/mol. The van der Waals surface area contributed by atoms with Gasteiger partial charge in [0.15, 0.2) is 11.7 Å². The first-order valence-electron chi connectivity index (χ1n) is 8.89. The highest BCUT2D eigenvalue weighted by Gasteiger charge is 2.06. The van der Waals surface area contributed by atoms with E-state index in [2.05, 4.69) is 15.8 Å². The predicted octanol–water partition coefficient (Wildman–Crippen LogP) is 3.48. The fourth-order valence-electron chi connectivity index (χ4n) is 2.42. The summed E-state index contributed by atoms with van der Waals surface area (Å²) in [5, 5.41) is 7.96. The van der Waals surface area contributed by atoms with Crippen molar-refractivity contribution in [3.63, 3.8) is 0 Å². The maximum Gasteiger partial charge on any atom is 0.259 e. The maximum atomic E-state index is 11.6. The quantitative estimate of drug-likeness (QED) is 0.443. The molecule has 0 aliphatic heterocycles. The number of rotatable bonds is 6. The number of likely N-dealkylation sites (N-methyl/N-ethyl adjacent to an activating group) is 1. The van der Waals surface area contributed by atoms with Crippen LogP contribution in [0, 0.1) is 13.8 Å². The summed E-state index contributed by atoms with van der Waals surface area (Å²) >= 11 is 5.34. The molecule has 0 radical (unpaired) electrons. The van der Waals surface area contributed by atoms with Crippen LogP contribution in [0.2, 0.25) is 0 Å². The first-order chi connectivity index (χ1) is 13.3. The number of para-hydroxylation sites is 1. The van der Waals surface area contributed by atoms with Crippen LogP contribution in [-0.4, -0.2) is 42.3 Å². The van der Waals surface area contributed by atoms with E-state index in [1.807, 2.05) is 63.2 Å². The third kappa shape index (κ3) is 6.06. The molecule has 0 saturated heterocycles. The van der Waals surface area contributed by atoms with Gasteiger partial charge in [0.1, 0.15) is 5.75 Å². The van der Waals surface area contributed by atoms with Gasteiger partial charge in [0, 0.05) is 19.8 Å². The lowest BCUT2D eigenvalue weighted by molar-refractivity contribution is -0.130. The number of benzene rings is 2. The van der Waals surface area contributed by atoms with Gasteiger partial charge in [-0.15, -0.1) is 0 Å². The molecule has 0 unspecified atom stereocenters. The number of carbonyl (C=O) groups excluding carboxylic acids is 1. The zero-order chi connectivity index (χ0) is 20.7. The number of carbonyl (C=O) groups is 1. The van der Waals surface area contributed by atoms with Gasteiger partial charge in [0.25, 0.3) is 5.91 Å². The SMILES string of the molecule is C/C(=N/NC(=S)Nc1c(C)cccc1C)c1ccc(OCC(=O)N(C)C)cc1. The summed E-state index contributed by atoms with van der Waals surface area (Å²) in [6, 6.07) is 13.5. The van der Waals surface area contributed by atoms with Crippen molar-refractivity contribution in [3.05, 3.63) is 59.2 Å². The summed E-state index contributed by atoms with van der Waals surface area (Å²) in [7, 11) is 3.39. The second kappa shape index (κ2) is 9.85. The number of anilines is 1. The van der Waals surface area contributed by atoms with Crippen LogP contribution in [0.5, 0.6) is 5.75 Å². The van der Waals surface area contributed by atoms with Crippen LogP contribution in [0.25, 0.3) is 0 Å². The highest BCUT2D eigenvalue weighted by Crippen LogP contribution is 2.19. The van der Waals surface area contributed by atoms with Crippen molar-refractivity contribution in [1.82, 2.24) is 10.3 Å². The Bertz CT molecular complexity index is 856. The molecule has 2 rings (SSSR count). The van der Waals surface area contributed by atoms with E-state index in [1.165, 1.54) is 4.90 Å². The van der Waals surface area contributed by atoms with Crippen molar-refractivity contribution >= 4 is 34.6 Å². The molecule has 0 atom stereocenters. The molecular weight excluding hydrogens is 372 g/mol. The molecule has 28 heavy (non-hydrogen) atoms. The Kier molecular flexibility index (Phi) is 7.52. The molecule has 2 aromatic carbocycles. The molecule has 2 N–H and O–H groups in total. The van der Waals surface area contributed by atoms with E-state index in [0.717, 1.165) is 28.1 Å². The molecular formula is C21H26N4O2S. The lowest BCUT2D eigenvalue weighted by Crippen LogP contribution is -2.27. The van der Waals surface area contributed by atoms with Crippen molar-refractivity contribution < 1.29 is 9.53 Å². The minimum Gasteiger partial charge on any atom is -0.484 e. The average molecular weight is 399 g/mol. The number of amides is 1. The molecule has 148 valence electrons. The summed E-state index contributed by atoms with van der Waals surface area (Å²) in [4.78, 5) is 13.1. The van der Waals surface area contributed by atoms with Crippen molar-refractivity contribution in [2.75, 3.05) is 26.0 Å². The number of nitrogens with one attached hydrogen (secondary N) is 2. The van der Waals surface area contributed by atoms with E-state index >= 15 is 0 Å². The number of hydrogen-bond acceptors (Lipinski definition) is 4. The number of thiocarbonyl (C=S) groups is 1. The van der Waals surface area contributed by atoms with Crippen LogP contribution < -0.4 is 15.5 Å². The van der Waals surface area contributed by atoms with Gasteiger partial charge in [0.2, 0.25) is 0 Å². The molecule has 1 amide bonds. The van der Waals surface area contributed by atoms with Crippen molar-refractivity contribution in [2.45, 2.75) is 20.8 Å². The molecule has 0 aliphatic rings. The third-order valence-corrected chi connectivity index (χ3v) is 4.37. The van der Waals surface area contributed by atoms with E-state index in [-0.39, 0.29) is 12.5 Å². The van der Waals surface area contributed by atoms with Gasteiger partial charge in [-0.3, -0.25) is 10.2 Å². The van der Waals surface area contributed by atoms with Gasteiger partial charge >= 0.3 is 0 Å². The summed E-state index contributed by atoms with van der Waals surface area (Å²) in [5.41, 5.74) is 7.81. The van der Waals surface area contributed by atoms with Crippen molar-refractivity contribution in [3.8, 4) is 5.75 Å². The van der Waals surface area contributed by atoms with Crippen LogP contribution in [0.1, 0.15) is 23.6 Å². The highest BCUT2D eigenvalue weighted by molar-refractivity contribution is 7.80. The number of hydrazone groups is 1. The Morgan fingerprint density at radius 1 is 1.11 bits per heavy atom. The van der Waals surface area contributed by atoms with Gasteiger partial charge in [0.05, 0.1) is 5.71 Å². The number of nitrogens with zero attached hydrogens (tertiary/aromatic N) is 2. The Hall–Kier alpha value is -2.93. The molecule has 0 spiro atoms. The number of aryl methyl sites for hydroxylation is 2. The minimum atomic E-state index is -0.0871. The molecule has 2 aromatic rings. The molecule has 0 saturated carbocycles. The number of ether oxygens (including phenoxy) is 1. The minimum absolute atomic E-state index is 0.0131. The summed E-state index contributed by atoms with van der Waals surface area (Å²) in [6.45, 7) is 5.96. The molecule has 0 aliphatic carbocycles. The van der Waals surface area contributed by atoms with Gasteiger partial charge in [-0.25, -0.2) is 0 Å². The van der Waals surface area contributed by atoms with Gasteiger partial charge in [-0.1, -0.05) is 18.2 Å². The van der Waals surface area contributed by atoms with Crippen LogP contribution in [0.3, 0.4) is 0 Å². The normalized spacial score (nSPS) is 11.0. The molecule has 0 bridgehead atoms. The van der Waals surface area contributed by atoms with E-state index in [0.29, 0.717) is 10.9 Å². The number of hydrogen-bond donors (Lipinski definition) is 2. The summed E-state index contributed by atoms with van der Waals surface area (Å²) in [5.74, 6) is 0.544. The fourth-order valence-corrected chi connectivity index (χ4v) is 2.57. The molecule has 6 nitrogen and oxygen atoms in total. The van der Waals surface area contributed by atoms with Crippen LogP contribution in [0.15, 0.2) is 47.6 Å². The van der Waals surface area contributed by atoms with Gasteiger partial charge < -0.3 is 15.0 Å². The topological polar surface area (TPSA) is 66.0 Å². The first kappa shape index (κ1) is 21.4. The van der Waals surface area contributed by atoms with Gasteiger partial charge in [-0.05, 0) is 73.9 Å². The van der Waals surface area contributed by atoms with Crippen LogP contribution in [0.4, 0.5) is 5.69 Å². The van der Waals surface area contributed by atoms with Crippen molar-refractivity contribution in [2.24, 2.45) is 5.10 Å². The van der Waals surface area contributed by atoms with Gasteiger partial charge in [-0.2, -0.15) is 5.10 Å². The molecule has 0 aromatic heterocycles. The Morgan fingerprint density at radius 2 is 1.71 bits per heavy atom. The second-order valence-electron chi connectivity index (χ2n) is 6.63. The van der Waals surface area contributed by atoms with Crippen LogP contribution in [-0.2, 0) is 4.79 Å². The first-order valence-corrected chi connectivity index (χ1v) is 9.29. The lowest BCUT2D eigenvalue weighted by Gasteiger charge is -2.13. The van der Waals surface area contributed by atoms with E-state index in [1.54, 1.807) is 14.1 Å². The van der Waals surface area contributed by atoms with E-state index in [4.69, 9.17) is 17.0 Å². The summed E-state index contributed by atoms with van der Waals surface area (Å²) in [6.07, 6.45) is 0. The van der Waals surface area contributed by atoms with Crippen LogP contribution >= 0.6 is 12.2 Å². The lowest BCUT2D eigenvalue weighted by atomic mass is 10.1. The van der Waals surface area contributed by atoms with Crippen molar-refractivity contribution in [1.29, 1.82) is 0 Å².